The van der Waals surface area contributed by atoms with Crippen molar-refractivity contribution in [1.29, 1.82) is 0 Å². The number of H-pyrrole nitrogens is 1. The molecule has 1 atom stereocenters. The Morgan fingerprint density at radius 3 is 2.93 bits per heavy atom. The molecular formula is C22H28N4O3. The van der Waals surface area contributed by atoms with Gasteiger partial charge in [-0.3, -0.25) is 14.5 Å². The lowest BCUT2D eigenvalue weighted by atomic mass is 10.0. The highest BCUT2D eigenvalue weighted by Crippen LogP contribution is 2.27. The Morgan fingerprint density at radius 1 is 1.31 bits per heavy atom. The maximum Gasteiger partial charge on any atom is 0.255 e. The number of aromatic nitrogens is 2. The molecule has 0 saturated carbocycles. The third-order valence-corrected chi connectivity index (χ3v) is 5.98. The van der Waals surface area contributed by atoms with E-state index in [0.717, 1.165) is 60.9 Å². The first-order chi connectivity index (χ1) is 14.1. The quantitative estimate of drug-likeness (QED) is 0.837. The fourth-order valence-electron chi connectivity index (χ4n) is 4.34. The van der Waals surface area contributed by atoms with E-state index in [2.05, 4.69) is 16.0 Å². The van der Waals surface area contributed by atoms with Crippen molar-refractivity contribution in [2.24, 2.45) is 0 Å². The summed E-state index contributed by atoms with van der Waals surface area (Å²) in [4.78, 5) is 36.7. The van der Waals surface area contributed by atoms with E-state index in [9.17, 15) is 9.59 Å². The molecule has 0 radical (unpaired) electrons. The van der Waals surface area contributed by atoms with Crippen molar-refractivity contribution in [1.82, 2.24) is 19.8 Å². The zero-order chi connectivity index (χ0) is 20.4. The van der Waals surface area contributed by atoms with Crippen LogP contribution in [-0.4, -0.2) is 52.4 Å². The number of hydrogen-bond donors (Lipinski definition) is 1. The summed E-state index contributed by atoms with van der Waals surface area (Å²) in [6.45, 7) is 5.44. The highest BCUT2D eigenvalue weighted by molar-refractivity contribution is 5.76. The topological polar surface area (TPSA) is 78.5 Å². The van der Waals surface area contributed by atoms with Gasteiger partial charge in [0.2, 0.25) is 5.91 Å². The molecule has 1 fully saturated rings. The molecule has 4 rings (SSSR count). The Morgan fingerprint density at radius 2 is 2.14 bits per heavy atom. The fourth-order valence-corrected chi connectivity index (χ4v) is 4.34. The lowest BCUT2D eigenvalue weighted by Gasteiger charge is -2.28. The highest BCUT2D eigenvalue weighted by atomic mass is 16.5. The number of carbonyl (C=O) groups is 1. The molecule has 0 aliphatic carbocycles. The molecule has 1 amide bonds. The SMILES string of the molecule is CCC(=O)N1CC[C@@H](c2nc3c(c(=O)[nH]2)CN(Cc2ccccc2OC)CC3)C1. The van der Waals surface area contributed by atoms with Crippen molar-refractivity contribution >= 4 is 5.91 Å². The molecule has 154 valence electrons. The molecule has 1 aromatic heterocycles. The largest absolute Gasteiger partial charge is 0.496 e. The summed E-state index contributed by atoms with van der Waals surface area (Å²) in [5.41, 5.74) is 2.73. The first-order valence-electron chi connectivity index (χ1n) is 10.3. The summed E-state index contributed by atoms with van der Waals surface area (Å²) in [6, 6.07) is 7.98. The summed E-state index contributed by atoms with van der Waals surface area (Å²) >= 11 is 0. The smallest absolute Gasteiger partial charge is 0.255 e. The van der Waals surface area contributed by atoms with Crippen LogP contribution in [0.2, 0.25) is 0 Å². The first-order valence-corrected chi connectivity index (χ1v) is 10.3. The van der Waals surface area contributed by atoms with Crippen LogP contribution in [0, 0.1) is 0 Å². The maximum atomic E-state index is 12.8. The number of fused-ring (bicyclic) bond motifs is 1. The van der Waals surface area contributed by atoms with Gasteiger partial charge in [-0.2, -0.15) is 0 Å². The van der Waals surface area contributed by atoms with Gasteiger partial charge in [-0.15, -0.1) is 0 Å². The van der Waals surface area contributed by atoms with E-state index in [-0.39, 0.29) is 17.4 Å². The average Bonchev–Trinajstić information content (AvgIpc) is 3.24. The van der Waals surface area contributed by atoms with Crippen LogP contribution < -0.4 is 10.3 Å². The lowest BCUT2D eigenvalue weighted by Crippen LogP contribution is -2.36. The summed E-state index contributed by atoms with van der Waals surface area (Å²) in [5, 5.41) is 0. The monoisotopic (exact) mass is 396 g/mol. The highest BCUT2D eigenvalue weighted by Gasteiger charge is 2.30. The van der Waals surface area contributed by atoms with Crippen LogP contribution in [0.1, 0.15) is 48.3 Å². The number of rotatable bonds is 5. The summed E-state index contributed by atoms with van der Waals surface area (Å²) < 4.78 is 5.45. The maximum absolute atomic E-state index is 12.8. The minimum Gasteiger partial charge on any atom is -0.496 e. The van der Waals surface area contributed by atoms with E-state index < -0.39 is 0 Å². The second-order valence-corrected chi connectivity index (χ2v) is 7.83. The molecular weight excluding hydrogens is 368 g/mol. The van der Waals surface area contributed by atoms with E-state index in [1.807, 2.05) is 30.0 Å². The second-order valence-electron chi connectivity index (χ2n) is 7.83. The summed E-state index contributed by atoms with van der Waals surface area (Å²) in [7, 11) is 1.68. The van der Waals surface area contributed by atoms with Gasteiger partial charge in [-0.05, 0) is 12.5 Å². The number of ether oxygens (including phenoxy) is 1. The lowest BCUT2D eigenvalue weighted by molar-refractivity contribution is -0.129. The van der Waals surface area contributed by atoms with Crippen molar-refractivity contribution in [3.8, 4) is 5.75 Å². The van der Waals surface area contributed by atoms with Crippen LogP contribution in [0.15, 0.2) is 29.1 Å². The second kappa shape index (κ2) is 8.37. The molecule has 7 nitrogen and oxygen atoms in total. The van der Waals surface area contributed by atoms with E-state index in [1.54, 1.807) is 7.11 Å². The number of para-hydroxylation sites is 1. The normalized spacial score (nSPS) is 19.2. The molecule has 2 aromatic rings. The molecule has 2 aliphatic rings. The Labute approximate surface area is 170 Å². The van der Waals surface area contributed by atoms with Crippen LogP contribution in [0.5, 0.6) is 5.75 Å². The number of nitrogens with zero attached hydrogens (tertiary/aromatic N) is 3. The van der Waals surface area contributed by atoms with Gasteiger partial charge < -0.3 is 14.6 Å². The Balaban J connectivity index is 1.49. The van der Waals surface area contributed by atoms with Gasteiger partial charge in [0.05, 0.1) is 18.4 Å². The number of methoxy groups -OCH3 is 1. The van der Waals surface area contributed by atoms with Crippen molar-refractivity contribution < 1.29 is 9.53 Å². The number of carbonyl (C=O) groups excluding carboxylic acids is 1. The van der Waals surface area contributed by atoms with Crippen molar-refractivity contribution in [3.63, 3.8) is 0 Å². The Kier molecular flexibility index (Phi) is 5.67. The van der Waals surface area contributed by atoms with Crippen LogP contribution >= 0.6 is 0 Å². The number of benzene rings is 1. The van der Waals surface area contributed by atoms with Gasteiger partial charge in [0, 0.05) is 57.0 Å². The van der Waals surface area contributed by atoms with Gasteiger partial charge in [0.25, 0.3) is 5.56 Å². The minimum atomic E-state index is -0.0463. The van der Waals surface area contributed by atoms with Gasteiger partial charge in [-0.25, -0.2) is 4.98 Å². The van der Waals surface area contributed by atoms with Gasteiger partial charge in [0.1, 0.15) is 11.6 Å². The van der Waals surface area contributed by atoms with Crippen LogP contribution in [0.3, 0.4) is 0 Å². The van der Waals surface area contributed by atoms with Gasteiger partial charge >= 0.3 is 0 Å². The predicted molar refractivity (Wildman–Crippen MR) is 110 cm³/mol. The zero-order valence-electron chi connectivity index (χ0n) is 17.1. The van der Waals surface area contributed by atoms with E-state index in [1.165, 1.54) is 0 Å². The van der Waals surface area contributed by atoms with E-state index in [4.69, 9.17) is 9.72 Å². The molecule has 2 aliphatic heterocycles. The third-order valence-electron chi connectivity index (χ3n) is 5.98. The van der Waals surface area contributed by atoms with Crippen LogP contribution in [0.25, 0.3) is 0 Å². The number of amides is 1. The molecule has 0 spiro atoms. The number of nitrogens with one attached hydrogen (secondary N) is 1. The molecule has 3 heterocycles. The molecule has 1 aromatic carbocycles. The fraction of sp³-hybridized carbons (Fsp3) is 0.500. The third kappa shape index (κ3) is 4.05. The Hall–Kier alpha value is -2.67. The van der Waals surface area contributed by atoms with E-state index >= 15 is 0 Å². The molecule has 1 saturated heterocycles. The number of likely N-dealkylation sites (tertiary alicyclic amines) is 1. The number of aromatic amines is 1. The molecule has 1 N–H and O–H groups in total. The summed E-state index contributed by atoms with van der Waals surface area (Å²) in [6.07, 6.45) is 2.13. The van der Waals surface area contributed by atoms with Crippen molar-refractivity contribution in [3.05, 3.63) is 57.3 Å². The van der Waals surface area contributed by atoms with Gasteiger partial charge in [0.15, 0.2) is 0 Å². The molecule has 29 heavy (non-hydrogen) atoms. The molecule has 0 unspecified atom stereocenters. The minimum absolute atomic E-state index is 0.0463. The van der Waals surface area contributed by atoms with Crippen molar-refractivity contribution in [2.75, 3.05) is 26.7 Å². The van der Waals surface area contributed by atoms with Crippen molar-refractivity contribution in [2.45, 2.75) is 45.2 Å². The predicted octanol–water partition coefficient (Wildman–Crippen LogP) is 2.06. The van der Waals surface area contributed by atoms with Crippen LogP contribution in [-0.2, 0) is 24.3 Å². The first kappa shape index (κ1) is 19.6. The van der Waals surface area contributed by atoms with Crippen LogP contribution in [0.4, 0.5) is 0 Å². The average molecular weight is 396 g/mol. The number of hydrogen-bond acceptors (Lipinski definition) is 5. The van der Waals surface area contributed by atoms with Gasteiger partial charge in [-0.1, -0.05) is 25.1 Å². The summed E-state index contributed by atoms with van der Waals surface area (Å²) in [5.74, 6) is 1.89. The molecule has 7 heteroatoms. The van der Waals surface area contributed by atoms with E-state index in [0.29, 0.717) is 19.5 Å². The Bertz CT molecular complexity index is 955. The molecule has 0 bridgehead atoms. The zero-order valence-corrected chi connectivity index (χ0v) is 17.1. The standard InChI is InChI=1S/C22H28N4O3/c1-3-20(27)26-11-8-16(13-26)21-23-18-9-10-25(14-17(18)22(28)24-21)12-15-6-4-5-7-19(15)29-2/h4-7,16H,3,8-14H2,1-2H3,(H,23,24,28)/t16-/m1/s1.